The van der Waals surface area contributed by atoms with Crippen LogP contribution in [0.2, 0.25) is 0 Å². The molecule has 1 aliphatic heterocycles. The number of halogens is 2. The molecule has 1 heterocycles. The van der Waals surface area contributed by atoms with E-state index in [-0.39, 0.29) is 4.90 Å². The van der Waals surface area contributed by atoms with Crippen LogP contribution >= 0.6 is 11.6 Å². The predicted molar refractivity (Wildman–Crippen MR) is 76.9 cm³/mol. The molecule has 0 spiro atoms. The molecule has 0 aliphatic carbocycles. The molecule has 20 heavy (non-hydrogen) atoms. The average Bonchev–Trinajstić information content (AvgIpc) is 2.65. The molecular weight excluding hydrogens is 303 g/mol. The molecular formula is C13H18ClFN2O2S. The lowest BCUT2D eigenvalue weighted by molar-refractivity contribution is 0.303. The SMILES string of the molecule is O=S(=O)(c1cccc(F)c1)N1CCCN(CCCl)CC1. The summed E-state index contributed by atoms with van der Waals surface area (Å²) in [5.74, 6) is 0.000991. The zero-order chi connectivity index (χ0) is 14.6. The molecule has 1 aromatic rings. The summed E-state index contributed by atoms with van der Waals surface area (Å²) in [5, 5.41) is 0. The number of hydrogen-bond acceptors (Lipinski definition) is 3. The first-order valence-electron chi connectivity index (χ1n) is 6.58. The van der Waals surface area contributed by atoms with Gasteiger partial charge in [-0.25, -0.2) is 12.8 Å². The number of benzene rings is 1. The van der Waals surface area contributed by atoms with Crippen molar-refractivity contribution in [2.75, 3.05) is 38.6 Å². The number of hydrogen-bond donors (Lipinski definition) is 0. The fourth-order valence-corrected chi connectivity index (χ4v) is 4.05. The van der Waals surface area contributed by atoms with Gasteiger partial charge in [-0.15, -0.1) is 11.6 Å². The molecule has 4 nitrogen and oxygen atoms in total. The van der Waals surface area contributed by atoms with E-state index in [2.05, 4.69) is 4.90 Å². The maximum Gasteiger partial charge on any atom is 0.243 e. The van der Waals surface area contributed by atoms with Crippen LogP contribution in [-0.4, -0.2) is 56.2 Å². The van der Waals surface area contributed by atoms with Crippen molar-refractivity contribution in [3.8, 4) is 0 Å². The number of nitrogens with zero attached hydrogens (tertiary/aromatic N) is 2. The van der Waals surface area contributed by atoms with Gasteiger partial charge in [-0.3, -0.25) is 0 Å². The molecule has 7 heteroatoms. The van der Waals surface area contributed by atoms with E-state index in [4.69, 9.17) is 11.6 Å². The second kappa shape index (κ2) is 6.85. The minimum absolute atomic E-state index is 0.0169. The fraction of sp³-hybridized carbons (Fsp3) is 0.538. The van der Waals surface area contributed by atoms with Gasteiger partial charge in [-0.05, 0) is 31.2 Å². The highest BCUT2D eigenvalue weighted by atomic mass is 35.5. The van der Waals surface area contributed by atoms with Gasteiger partial charge in [0.2, 0.25) is 10.0 Å². The Labute approximate surface area is 124 Å². The summed E-state index contributed by atoms with van der Waals surface area (Å²) in [6.07, 6.45) is 0.755. The van der Waals surface area contributed by atoms with E-state index in [1.807, 2.05) is 0 Å². The minimum atomic E-state index is -3.61. The fourth-order valence-electron chi connectivity index (χ4n) is 2.31. The van der Waals surface area contributed by atoms with Crippen molar-refractivity contribution in [2.24, 2.45) is 0 Å². The summed E-state index contributed by atoms with van der Waals surface area (Å²) in [7, 11) is -3.61. The first-order valence-corrected chi connectivity index (χ1v) is 8.55. The molecule has 1 saturated heterocycles. The third-order valence-electron chi connectivity index (χ3n) is 3.38. The third-order valence-corrected chi connectivity index (χ3v) is 5.45. The van der Waals surface area contributed by atoms with Crippen molar-refractivity contribution in [3.63, 3.8) is 0 Å². The van der Waals surface area contributed by atoms with Gasteiger partial charge in [0.05, 0.1) is 4.90 Å². The highest BCUT2D eigenvalue weighted by Crippen LogP contribution is 2.18. The van der Waals surface area contributed by atoms with E-state index in [0.717, 1.165) is 25.6 Å². The molecule has 1 fully saturated rings. The molecule has 0 amide bonds. The van der Waals surface area contributed by atoms with Crippen LogP contribution in [0.5, 0.6) is 0 Å². The minimum Gasteiger partial charge on any atom is -0.301 e. The average molecular weight is 321 g/mol. The van der Waals surface area contributed by atoms with Crippen LogP contribution in [-0.2, 0) is 10.0 Å². The zero-order valence-electron chi connectivity index (χ0n) is 11.1. The van der Waals surface area contributed by atoms with Crippen molar-refractivity contribution in [1.29, 1.82) is 0 Å². The Balaban J connectivity index is 2.14. The quantitative estimate of drug-likeness (QED) is 0.794. The maximum absolute atomic E-state index is 13.2. The van der Waals surface area contributed by atoms with Crippen LogP contribution in [0.1, 0.15) is 6.42 Å². The topological polar surface area (TPSA) is 40.6 Å². The lowest BCUT2D eigenvalue weighted by atomic mass is 10.4. The van der Waals surface area contributed by atoms with Crippen molar-refractivity contribution in [2.45, 2.75) is 11.3 Å². The molecule has 0 unspecified atom stereocenters. The van der Waals surface area contributed by atoms with Crippen molar-refractivity contribution < 1.29 is 12.8 Å². The van der Waals surface area contributed by atoms with E-state index in [1.54, 1.807) is 0 Å². The molecule has 0 bridgehead atoms. The Hall–Kier alpha value is -0.690. The first-order chi connectivity index (χ1) is 9.54. The predicted octanol–water partition coefficient (Wildman–Crippen LogP) is 1.76. The standard InChI is InChI=1S/C13H18ClFN2O2S/c14-5-8-16-6-2-7-17(10-9-16)20(18,19)13-4-1-3-12(15)11-13/h1,3-4,11H,2,5-10H2. The molecule has 0 saturated carbocycles. The van der Waals surface area contributed by atoms with Crippen LogP contribution in [0.15, 0.2) is 29.2 Å². The Morgan fingerprint density at radius 1 is 1.20 bits per heavy atom. The molecule has 0 aromatic heterocycles. The van der Waals surface area contributed by atoms with Crippen LogP contribution < -0.4 is 0 Å². The highest BCUT2D eigenvalue weighted by molar-refractivity contribution is 7.89. The molecule has 112 valence electrons. The Morgan fingerprint density at radius 2 is 2.00 bits per heavy atom. The van der Waals surface area contributed by atoms with Crippen LogP contribution in [0.25, 0.3) is 0 Å². The Morgan fingerprint density at radius 3 is 2.70 bits per heavy atom. The van der Waals surface area contributed by atoms with Gasteiger partial charge in [0, 0.05) is 32.1 Å². The largest absolute Gasteiger partial charge is 0.301 e. The molecule has 1 aliphatic rings. The second-order valence-electron chi connectivity index (χ2n) is 4.75. The first kappa shape index (κ1) is 15.7. The lowest BCUT2D eigenvalue weighted by Gasteiger charge is -2.21. The van der Waals surface area contributed by atoms with Gasteiger partial charge in [0.1, 0.15) is 5.82 Å². The summed E-state index contributed by atoms with van der Waals surface area (Å²) in [6.45, 7) is 3.12. The summed E-state index contributed by atoms with van der Waals surface area (Å²) in [5.41, 5.74) is 0. The van der Waals surface area contributed by atoms with E-state index >= 15 is 0 Å². The summed E-state index contributed by atoms with van der Waals surface area (Å²) < 4.78 is 39.6. The van der Waals surface area contributed by atoms with Gasteiger partial charge in [-0.1, -0.05) is 6.07 Å². The van der Waals surface area contributed by atoms with E-state index in [0.29, 0.717) is 25.5 Å². The maximum atomic E-state index is 13.2. The molecule has 0 atom stereocenters. The molecule has 0 N–H and O–H groups in total. The van der Waals surface area contributed by atoms with Crippen LogP contribution in [0.3, 0.4) is 0 Å². The molecule has 2 rings (SSSR count). The van der Waals surface area contributed by atoms with E-state index in [1.165, 1.54) is 22.5 Å². The van der Waals surface area contributed by atoms with Gasteiger partial charge in [-0.2, -0.15) is 4.31 Å². The Kier molecular flexibility index (Phi) is 5.37. The number of rotatable bonds is 4. The van der Waals surface area contributed by atoms with Crippen LogP contribution in [0.4, 0.5) is 4.39 Å². The van der Waals surface area contributed by atoms with Crippen LogP contribution in [0, 0.1) is 5.82 Å². The Bertz CT molecular complexity index is 553. The smallest absolute Gasteiger partial charge is 0.243 e. The second-order valence-corrected chi connectivity index (χ2v) is 7.06. The van der Waals surface area contributed by atoms with E-state index < -0.39 is 15.8 Å². The molecule has 0 radical (unpaired) electrons. The number of sulfonamides is 1. The summed E-state index contributed by atoms with van der Waals surface area (Å²) in [4.78, 5) is 2.16. The van der Waals surface area contributed by atoms with Crippen molar-refractivity contribution in [1.82, 2.24) is 9.21 Å². The zero-order valence-corrected chi connectivity index (χ0v) is 12.7. The molecule has 1 aromatic carbocycles. The lowest BCUT2D eigenvalue weighted by Crippen LogP contribution is -2.35. The third kappa shape index (κ3) is 3.69. The normalized spacial score (nSPS) is 18.9. The summed E-state index contributed by atoms with van der Waals surface area (Å²) >= 11 is 5.71. The monoisotopic (exact) mass is 320 g/mol. The van der Waals surface area contributed by atoms with Gasteiger partial charge in [0.25, 0.3) is 0 Å². The van der Waals surface area contributed by atoms with Gasteiger partial charge in [0.15, 0.2) is 0 Å². The van der Waals surface area contributed by atoms with Crippen molar-refractivity contribution >= 4 is 21.6 Å². The summed E-state index contributed by atoms with van der Waals surface area (Å²) in [6, 6.07) is 5.15. The van der Waals surface area contributed by atoms with E-state index in [9.17, 15) is 12.8 Å². The highest BCUT2D eigenvalue weighted by Gasteiger charge is 2.26. The van der Waals surface area contributed by atoms with Gasteiger partial charge >= 0.3 is 0 Å². The number of alkyl halides is 1. The van der Waals surface area contributed by atoms with Gasteiger partial charge < -0.3 is 4.90 Å². The van der Waals surface area contributed by atoms with Crippen molar-refractivity contribution in [3.05, 3.63) is 30.1 Å².